The third-order valence-electron chi connectivity index (χ3n) is 0.372. The van der Waals surface area contributed by atoms with Crippen molar-refractivity contribution >= 4 is 51.4 Å². The van der Waals surface area contributed by atoms with Crippen molar-refractivity contribution in [2.45, 2.75) is 13.0 Å². The van der Waals surface area contributed by atoms with E-state index in [4.69, 9.17) is 11.5 Å². The van der Waals surface area contributed by atoms with Gasteiger partial charge in [-0.1, -0.05) is 0 Å². The zero-order chi connectivity index (χ0) is 4.28. The molecule has 1 atom stereocenters. The van der Waals surface area contributed by atoms with Crippen LogP contribution in [0.15, 0.2) is 0 Å². The molecule has 0 heterocycles. The maximum absolute atomic E-state index is 5.17. The molecule has 0 rings (SSSR count). The summed E-state index contributed by atoms with van der Waals surface area (Å²) in [7, 11) is 0. The first-order chi connectivity index (χ1) is 2.27. The Bertz CT molecular complexity index is 22.8. The minimum atomic E-state index is 0. The Balaban J connectivity index is 0. The van der Waals surface area contributed by atoms with Crippen molar-refractivity contribution in [2.24, 2.45) is 11.5 Å². The van der Waals surface area contributed by atoms with Gasteiger partial charge in [0, 0.05) is 12.6 Å². The van der Waals surface area contributed by atoms with Gasteiger partial charge in [-0.05, 0) is 6.92 Å². The minimum absolute atomic E-state index is 0. The molecular weight excluding hydrogens is 103 g/mol. The summed E-state index contributed by atoms with van der Waals surface area (Å²) in [4.78, 5) is 0. The Labute approximate surface area is 81.1 Å². The molecule has 0 saturated carbocycles. The van der Waals surface area contributed by atoms with Gasteiger partial charge in [-0.25, -0.2) is 0 Å². The van der Waals surface area contributed by atoms with E-state index in [1.165, 1.54) is 0 Å². The van der Waals surface area contributed by atoms with Gasteiger partial charge in [-0.3, -0.25) is 0 Å². The second-order valence-electron chi connectivity index (χ2n) is 1.21. The summed E-state index contributed by atoms with van der Waals surface area (Å²) >= 11 is 0. The molecule has 0 aliphatic rings. The van der Waals surface area contributed by atoms with Crippen molar-refractivity contribution in [3.63, 3.8) is 0 Å². The molecule has 0 aromatic heterocycles. The van der Waals surface area contributed by atoms with Crippen molar-refractivity contribution in [1.29, 1.82) is 0 Å². The third-order valence-corrected chi connectivity index (χ3v) is 0.372. The van der Waals surface area contributed by atoms with Crippen LogP contribution in [0.25, 0.3) is 0 Å². The summed E-state index contributed by atoms with van der Waals surface area (Å²) in [5.74, 6) is 0. The second-order valence-corrected chi connectivity index (χ2v) is 1.21. The summed E-state index contributed by atoms with van der Waals surface area (Å²) in [6, 6.07) is 0.162. The fraction of sp³-hybridized carbons (Fsp3) is 1.00. The van der Waals surface area contributed by atoms with Crippen LogP contribution in [-0.2, 0) is 0 Å². The molecule has 0 fully saturated rings. The second kappa shape index (κ2) is 6.56. The van der Waals surface area contributed by atoms with Crippen LogP contribution in [0.1, 0.15) is 6.92 Å². The van der Waals surface area contributed by atoms with Crippen LogP contribution in [0.5, 0.6) is 0 Å². The van der Waals surface area contributed by atoms with Gasteiger partial charge < -0.3 is 11.5 Å². The SMILES string of the molecule is CC(N)CN.[KH]. The van der Waals surface area contributed by atoms with Crippen LogP contribution in [0.2, 0.25) is 0 Å². The Morgan fingerprint density at radius 2 is 1.83 bits per heavy atom. The molecule has 2 nitrogen and oxygen atoms in total. The number of hydrogen-bond acceptors (Lipinski definition) is 2. The van der Waals surface area contributed by atoms with Gasteiger partial charge in [0.1, 0.15) is 0 Å². The fourth-order valence-corrected chi connectivity index (χ4v) is 0. The molecule has 0 aromatic rings. The van der Waals surface area contributed by atoms with Crippen LogP contribution in [0.4, 0.5) is 0 Å². The van der Waals surface area contributed by atoms with Crippen molar-refractivity contribution < 1.29 is 0 Å². The van der Waals surface area contributed by atoms with Crippen LogP contribution in [-0.4, -0.2) is 64.0 Å². The normalized spacial score (nSPS) is 12.5. The summed E-state index contributed by atoms with van der Waals surface area (Å²) < 4.78 is 0. The van der Waals surface area contributed by atoms with Gasteiger partial charge in [0.05, 0.1) is 0 Å². The fourth-order valence-electron chi connectivity index (χ4n) is 0. The van der Waals surface area contributed by atoms with Crippen molar-refractivity contribution in [1.82, 2.24) is 0 Å². The molecule has 0 aromatic carbocycles. The molecule has 0 amide bonds. The van der Waals surface area contributed by atoms with Crippen molar-refractivity contribution in [3.8, 4) is 0 Å². The van der Waals surface area contributed by atoms with Crippen LogP contribution >= 0.6 is 0 Å². The average Bonchev–Trinajstić information content (AvgIpc) is 1.38. The van der Waals surface area contributed by atoms with Crippen LogP contribution in [0, 0.1) is 0 Å². The Morgan fingerprint density at radius 1 is 1.67 bits per heavy atom. The molecular formula is C3H11KN2. The predicted octanol–water partition coefficient (Wildman–Crippen LogP) is -1.36. The zero-order valence-corrected chi connectivity index (χ0v) is 3.44. The quantitative estimate of drug-likeness (QED) is 0.414. The van der Waals surface area contributed by atoms with Crippen molar-refractivity contribution in [3.05, 3.63) is 0 Å². The number of rotatable bonds is 1. The molecule has 0 aliphatic carbocycles. The van der Waals surface area contributed by atoms with E-state index in [0.29, 0.717) is 6.54 Å². The Kier molecular flexibility index (Phi) is 11.5. The molecule has 3 heteroatoms. The predicted molar refractivity (Wildman–Crippen MR) is 29.9 cm³/mol. The van der Waals surface area contributed by atoms with E-state index in [9.17, 15) is 0 Å². The third kappa shape index (κ3) is 9.12. The van der Waals surface area contributed by atoms with Gasteiger partial charge in [0.2, 0.25) is 0 Å². The van der Waals surface area contributed by atoms with Crippen molar-refractivity contribution in [2.75, 3.05) is 6.54 Å². The molecule has 34 valence electrons. The van der Waals surface area contributed by atoms with Gasteiger partial charge in [0.25, 0.3) is 0 Å². The van der Waals surface area contributed by atoms with E-state index in [1.807, 2.05) is 6.92 Å². The molecule has 0 spiro atoms. The van der Waals surface area contributed by atoms with E-state index < -0.39 is 0 Å². The van der Waals surface area contributed by atoms with Gasteiger partial charge in [0.15, 0.2) is 0 Å². The monoisotopic (exact) mass is 114 g/mol. The van der Waals surface area contributed by atoms with Crippen LogP contribution < -0.4 is 11.5 Å². The van der Waals surface area contributed by atoms with E-state index in [1.54, 1.807) is 0 Å². The molecule has 1 unspecified atom stereocenters. The van der Waals surface area contributed by atoms with Crippen LogP contribution in [0.3, 0.4) is 0 Å². The molecule has 0 bridgehead atoms. The number of nitrogens with two attached hydrogens (primary N) is 2. The summed E-state index contributed by atoms with van der Waals surface area (Å²) in [6.07, 6.45) is 0. The maximum atomic E-state index is 5.17. The molecule has 0 saturated heterocycles. The summed E-state index contributed by atoms with van der Waals surface area (Å²) in [5.41, 5.74) is 10.2. The zero-order valence-electron chi connectivity index (χ0n) is 3.44. The molecule has 0 aliphatic heterocycles. The molecule has 0 radical (unpaired) electrons. The number of hydrogen-bond donors (Lipinski definition) is 2. The van der Waals surface area contributed by atoms with E-state index >= 15 is 0 Å². The Morgan fingerprint density at radius 3 is 1.83 bits per heavy atom. The van der Waals surface area contributed by atoms with Gasteiger partial charge >= 0.3 is 51.4 Å². The van der Waals surface area contributed by atoms with E-state index in [-0.39, 0.29) is 57.4 Å². The first kappa shape index (κ1) is 10.5. The Hall–Kier alpha value is 1.56. The summed E-state index contributed by atoms with van der Waals surface area (Å²) in [6.45, 7) is 2.46. The topological polar surface area (TPSA) is 52.0 Å². The molecule has 4 N–H and O–H groups in total. The van der Waals surface area contributed by atoms with E-state index in [0.717, 1.165) is 0 Å². The summed E-state index contributed by atoms with van der Waals surface area (Å²) in [5, 5.41) is 0. The first-order valence-corrected chi connectivity index (χ1v) is 1.73. The molecule has 6 heavy (non-hydrogen) atoms. The average molecular weight is 114 g/mol. The van der Waals surface area contributed by atoms with Gasteiger partial charge in [-0.2, -0.15) is 0 Å². The van der Waals surface area contributed by atoms with Gasteiger partial charge in [-0.15, -0.1) is 0 Å². The van der Waals surface area contributed by atoms with E-state index in [2.05, 4.69) is 0 Å². The standard InChI is InChI=1S/C3H10N2.K.H/c1-3(5)2-4;;/h3H,2,4-5H2,1H3;;. The first-order valence-electron chi connectivity index (χ1n) is 1.73.